The number of methoxy groups -OCH3 is 2. The summed E-state index contributed by atoms with van der Waals surface area (Å²) in [6.45, 7) is 0.363. The molecule has 0 spiro atoms. The first kappa shape index (κ1) is 21.1. The van der Waals surface area contributed by atoms with E-state index in [1.165, 1.54) is 25.1 Å². The van der Waals surface area contributed by atoms with Gasteiger partial charge in [-0.25, -0.2) is 9.67 Å². The van der Waals surface area contributed by atoms with Crippen LogP contribution >= 0.6 is 0 Å². The van der Waals surface area contributed by atoms with E-state index in [1.54, 1.807) is 29.1 Å². The van der Waals surface area contributed by atoms with E-state index < -0.39 is 0 Å². The molecule has 0 aliphatic heterocycles. The van der Waals surface area contributed by atoms with Crippen LogP contribution in [0.2, 0.25) is 0 Å². The minimum Gasteiger partial charge on any atom is -0.493 e. The molecule has 2 heterocycles. The molecule has 32 heavy (non-hydrogen) atoms. The number of fused-ring (bicyclic) bond motifs is 1. The molecule has 0 aliphatic rings. The Labute approximate surface area is 184 Å². The number of carbonyl (C=O) groups is 1. The van der Waals surface area contributed by atoms with E-state index in [1.807, 2.05) is 30.3 Å². The lowest BCUT2D eigenvalue weighted by atomic mass is 10.2. The van der Waals surface area contributed by atoms with Gasteiger partial charge in [0.05, 0.1) is 37.1 Å². The summed E-state index contributed by atoms with van der Waals surface area (Å²) >= 11 is 0. The molecular weight excluding hydrogens is 410 g/mol. The molecule has 0 atom stereocenters. The van der Waals surface area contributed by atoms with Crippen LogP contribution in [-0.2, 0) is 11.3 Å². The van der Waals surface area contributed by atoms with Crippen LogP contribution in [0, 0.1) is 0 Å². The van der Waals surface area contributed by atoms with Crippen molar-refractivity contribution in [3.8, 4) is 17.2 Å². The molecule has 9 heteroatoms. The summed E-state index contributed by atoms with van der Waals surface area (Å²) < 4.78 is 13.7. The average molecular weight is 433 g/mol. The van der Waals surface area contributed by atoms with Crippen LogP contribution in [0.15, 0.2) is 65.8 Å². The van der Waals surface area contributed by atoms with E-state index in [4.69, 9.17) is 9.47 Å². The standard InChI is InChI=1S/C23H23N5O4/c1-31-19-13-17-18(14-20(19)32-2)24-15-27(23(17)30)11-6-9-22(29)25-21-10-12-28(26-21)16-7-4-3-5-8-16/h3-5,7-8,10,12-15H,6,9,11H2,1-2H3,(H,25,26,29). The van der Waals surface area contributed by atoms with Gasteiger partial charge < -0.3 is 14.8 Å². The van der Waals surface area contributed by atoms with Crippen LogP contribution in [0.4, 0.5) is 5.82 Å². The third kappa shape index (κ3) is 4.46. The summed E-state index contributed by atoms with van der Waals surface area (Å²) in [4.78, 5) is 29.5. The number of aromatic nitrogens is 4. The van der Waals surface area contributed by atoms with Crippen LogP contribution in [-0.4, -0.2) is 39.5 Å². The van der Waals surface area contributed by atoms with Crippen LogP contribution in [0.5, 0.6) is 11.5 Å². The zero-order valence-electron chi connectivity index (χ0n) is 17.8. The molecule has 0 saturated carbocycles. The number of nitrogens with one attached hydrogen (secondary N) is 1. The summed E-state index contributed by atoms with van der Waals surface area (Å²) in [5.41, 5.74) is 1.24. The maximum absolute atomic E-state index is 12.8. The van der Waals surface area contributed by atoms with E-state index in [0.717, 1.165) is 5.69 Å². The highest BCUT2D eigenvalue weighted by atomic mass is 16.5. The number of carbonyl (C=O) groups excluding carboxylic acids is 1. The van der Waals surface area contributed by atoms with Gasteiger partial charge in [-0.15, -0.1) is 0 Å². The van der Waals surface area contributed by atoms with Gasteiger partial charge in [0.2, 0.25) is 5.91 Å². The molecule has 1 amide bonds. The molecular formula is C23H23N5O4. The van der Waals surface area contributed by atoms with Gasteiger partial charge in [-0.3, -0.25) is 14.2 Å². The first-order valence-corrected chi connectivity index (χ1v) is 10.1. The predicted octanol–water partition coefficient (Wildman–Crippen LogP) is 3.02. The number of aryl methyl sites for hydroxylation is 1. The van der Waals surface area contributed by atoms with Crippen LogP contribution < -0.4 is 20.3 Å². The summed E-state index contributed by atoms with van der Waals surface area (Å²) in [6.07, 6.45) is 3.99. The molecule has 4 aromatic rings. The van der Waals surface area contributed by atoms with Gasteiger partial charge in [-0.2, -0.15) is 5.10 Å². The molecule has 0 unspecified atom stereocenters. The molecule has 0 saturated heterocycles. The zero-order valence-corrected chi connectivity index (χ0v) is 17.8. The Kier molecular flexibility index (Phi) is 6.16. The number of nitrogens with zero attached hydrogens (tertiary/aromatic N) is 4. The maximum atomic E-state index is 12.8. The van der Waals surface area contributed by atoms with Crippen LogP contribution in [0.25, 0.3) is 16.6 Å². The number of anilines is 1. The van der Waals surface area contributed by atoms with Gasteiger partial charge in [0.15, 0.2) is 17.3 Å². The van der Waals surface area contributed by atoms with Crippen molar-refractivity contribution in [1.29, 1.82) is 0 Å². The topological polar surface area (TPSA) is 100 Å². The zero-order chi connectivity index (χ0) is 22.5. The SMILES string of the molecule is COc1cc2ncn(CCCC(=O)Nc3ccn(-c4ccccc4)n3)c(=O)c2cc1OC. The summed E-state index contributed by atoms with van der Waals surface area (Å²) in [6, 6.07) is 14.7. The quantitative estimate of drug-likeness (QED) is 0.459. The van der Waals surface area contributed by atoms with E-state index in [9.17, 15) is 9.59 Å². The van der Waals surface area contributed by atoms with Gasteiger partial charge in [0.25, 0.3) is 5.56 Å². The molecule has 164 valence electrons. The molecule has 0 bridgehead atoms. The lowest BCUT2D eigenvalue weighted by molar-refractivity contribution is -0.116. The van der Waals surface area contributed by atoms with Crippen molar-refractivity contribution in [3.63, 3.8) is 0 Å². The largest absolute Gasteiger partial charge is 0.493 e. The third-order valence-corrected chi connectivity index (χ3v) is 5.01. The fourth-order valence-electron chi connectivity index (χ4n) is 3.38. The van der Waals surface area contributed by atoms with Gasteiger partial charge in [0, 0.05) is 31.3 Å². The highest BCUT2D eigenvalue weighted by Gasteiger charge is 2.12. The molecule has 0 radical (unpaired) electrons. The fraction of sp³-hybridized carbons (Fsp3) is 0.217. The number of amides is 1. The van der Waals surface area contributed by atoms with E-state index >= 15 is 0 Å². The van der Waals surface area contributed by atoms with Crippen LogP contribution in [0.1, 0.15) is 12.8 Å². The third-order valence-electron chi connectivity index (χ3n) is 5.01. The average Bonchev–Trinajstić information content (AvgIpc) is 3.28. The lowest BCUT2D eigenvalue weighted by Crippen LogP contribution is -2.22. The Balaban J connectivity index is 1.38. The second kappa shape index (κ2) is 9.34. The Morgan fingerprint density at radius 2 is 1.81 bits per heavy atom. The van der Waals surface area contributed by atoms with Crippen molar-refractivity contribution in [2.75, 3.05) is 19.5 Å². The van der Waals surface area contributed by atoms with Crippen molar-refractivity contribution in [2.45, 2.75) is 19.4 Å². The molecule has 9 nitrogen and oxygen atoms in total. The smallest absolute Gasteiger partial charge is 0.261 e. The predicted molar refractivity (Wildman–Crippen MR) is 121 cm³/mol. The summed E-state index contributed by atoms with van der Waals surface area (Å²) in [5, 5.41) is 7.58. The van der Waals surface area contributed by atoms with Crippen molar-refractivity contribution in [2.24, 2.45) is 0 Å². The van der Waals surface area contributed by atoms with Crippen LogP contribution in [0.3, 0.4) is 0 Å². The maximum Gasteiger partial charge on any atom is 0.261 e. The molecule has 2 aromatic heterocycles. The summed E-state index contributed by atoms with van der Waals surface area (Å²) in [7, 11) is 3.04. The summed E-state index contributed by atoms with van der Waals surface area (Å²) in [5.74, 6) is 1.28. The molecule has 2 aromatic carbocycles. The lowest BCUT2D eigenvalue weighted by Gasteiger charge is -2.10. The number of hydrogen-bond donors (Lipinski definition) is 1. The van der Waals surface area contributed by atoms with Gasteiger partial charge in [0.1, 0.15) is 0 Å². The highest BCUT2D eigenvalue weighted by Crippen LogP contribution is 2.29. The minimum absolute atomic E-state index is 0.170. The number of benzene rings is 2. The molecule has 1 N–H and O–H groups in total. The Hall–Kier alpha value is -4.14. The Bertz CT molecular complexity index is 1300. The van der Waals surface area contributed by atoms with Gasteiger partial charge >= 0.3 is 0 Å². The number of hydrogen-bond acceptors (Lipinski definition) is 6. The Morgan fingerprint density at radius 3 is 2.56 bits per heavy atom. The van der Waals surface area contributed by atoms with E-state index in [0.29, 0.717) is 41.2 Å². The van der Waals surface area contributed by atoms with E-state index in [2.05, 4.69) is 15.4 Å². The van der Waals surface area contributed by atoms with Crippen molar-refractivity contribution in [1.82, 2.24) is 19.3 Å². The fourth-order valence-corrected chi connectivity index (χ4v) is 3.38. The first-order chi connectivity index (χ1) is 15.6. The number of para-hydroxylation sites is 1. The number of rotatable bonds is 8. The normalized spacial score (nSPS) is 10.8. The molecule has 4 rings (SSSR count). The second-order valence-electron chi connectivity index (χ2n) is 7.10. The van der Waals surface area contributed by atoms with E-state index in [-0.39, 0.29) is 17.9 Å². The molecule has 0 aliphatic carbocycles. The second-order valence-corrected chi connectivity index (χ2v) is 7.10. The van der Waals surface area contributed by atoms with Crippen molar-refractivity contribution >= 4 is 22.6 Å². The molecule has 0 fully saturated rings. The Morgan fingerprint density at radius 1 is 1.06 bits per heavy atom. The van der Waals surface area contributed by atoms with Crippen molar-refractivity contribution < 1.29 is 14.3 Å². The van der Waals surface area contributed by atoms with Crippen molar-refractivity contribution in [3.05, 3.63) is 71.4 Å². The monoisotopic (exact) mass is 433 g/mol. The number of ether oxygens (including phenoxy) is 2. The van der Waals surface area contributed by atoms with Gasteiger partial charge in [-0.1, -0.05) is 18.2 Å². The minimum atomic E-state index is -0.196. The highest BCUT2D eigenvalue weighted by molar-refractivity contribution is 5.89. The van der Waals surface area contributed by atoms with Gasteiger partial charge in [-0.05, 0) is 24.6 Å². The first-order valence-electron chi connectivity index (χ1n) is 10.1.